The summed E-state index contributed by atoms with van der Waals surface area (Å²) in [6.07, 6.45) is 4.09. The van der Waals surface area contributed by atoms with Crippen molar-refractivity contribution in [3.63, 3.8) is 0 Å². The molecule has 0 saturated heterocycles. The molecule has 9 heteroatoms. The average molecular weight is 463 g/mol. The zero-order chi connectivity index (χ0) is 24.3. The number of alkyl carbamates (subject to hydrolysis) is 1. The van der Waals surface area contributed by atoms with Crippen LogP contribution in [0.4, 0.5) is 4.79 Å². The minimum atomic E-state index is -0.796. The lowest BCUT2D eigenvalue weighted by atomic mass is 10.0. The van der Waals surface area contributed by atoms with E-state index in [4.69, 9.17) is 4.74 Å². The molecule has 1 aromatic carbocycles. The van der Waals surface area contributed by atoms with Gasteiger partial charge in [-0.2, -0.15) is 0 Å². The first kappa shape index (κ1) is 23.3. The van der Waals surface area contributed by atoms with E-state index < -0.39 is 17.7 Å². The Kier molecular flexibility index (Phi) is 6.54. The number of nitrogens with zero attached hydrogens (tertiary/aromatic N) is 4. The van der Waals surface area contributed by atoms with Gasteiger partial charge in [-0.15, -0.1) is 10.2 Å². The third-order valence-corrected chi connectivity index (χ3v) is 5.44. The van der Waals surface area contributed by atoms with Gasteiger partial charge in [-0.1, -0.05) is 24.3 Å². The maximum absolute atomic E-state index is 13.2. The van der Waals surface area contributed by atoms with Gasteiger partial charge in [-0.25, -0.2) is 4.79 Å². The number of carbonyl (C=O) groups excluding carboxylic acids is 2. The maximum atomic E-state index is 13.2. The van der Waals surface area contributed by atoms with E-state index in [1.54, 1.807) is 20.8 Å². The Hall–Kier alpha value is -3.88. The first-order valence-electron chi connectivity index (χ1n) is 11.3. The second kappa shape index (κ2) is 9.54. The van der Waals surface area contributed by atoms with E-state index in [1.807, 2.05) is 70.9 Å². The monoisotopic (exact) mass is 462 g/mol. The Morgan fingerprint density at radius 1 is 1.09 bits per heavy atom. The van der Waals surface area contributed by atoms with Gasteiger partial charge in [0.1, 0.15) is 17.5 Å². The Balaban J connectivity index is 1.48. The Morgan fingerprint density at radius 2 is 1.85 bits per heavy atom. The third kappa shape index (κ3) is 5.36. The molecule has 1 unspecified atom stereocenters. The second-order valence-electron chi connectivity index (χ2n) is 9.27. The fourth-order valence-corrected chi connectivity index (χ4v) is 3.95. The summed E-state index contributed by atoms with van der Waals surface area (Å²) in [5.41, 5.74) is 2.12. The van der Waals surface area contributed by atoms with Crippen LogP contribution in [-0.2, 0) is 29.4 Å². The van der Waals surface area contributed by atoms with Crippen molar-refractivity contribution < 1.29 is 14.3 Å². The highest BCUT2D eigenvalue weighted by atomic mass is 16.6. The summed E-state index contributed by atoms with van der Waals surface area (Å²) in [5.74, 6) is 0.467. The molecule has 0 fully saturated rings. The SMILES string of the molecule is Cn1cc(CC(NC(=O)OC(C)(C)C)C(=O)NCCc2nnc3ccccn23)c2ccccc21. The van der Waals surface area contributed by atoms with Crippen molar-refractivity contribution in [2.45, 2.75) is 45.3 Å². The number of para-hydroxylation sites is 1. The van der Waals surface area contributed by atoms with E-state index in [0.717, 1.165) is 27.9 Å². The molecule has 2 N–H and O–H groups in total. The number of fused-ring (bicyclic) bond motifs is 2. The lowest BCUT2D eigenvalue weighted by Crippen LogP contribution is -2.49. The van der Waals surface area contributed by atoms with Crippen molar-refractivity contribution >= 4 is 28.6 Å². The van der Waals surface area contributed by atoms with E-state index in [2.05, 4.69) is 20.8 Å². The van der Waals surface area contributed by atoms with Crippen LogP contribution in [0.25, 0.3) is 16.6 Å². The number of nitrogens with one attached hydrogen (secondary N) is 2. The Morgan fingerprint density at radius 3 is 2.65 bits per heavy atom. The molecule has 0 aliphatic rings. The van der Waals surface area contributed by atoms with Crippen molar-refractivity contribution in [1.29, 1.82) is 0 Å². The molecule has 0 spiro atoms. The molecule has 0 saturated carbocycles. The van der Waals surface area contributed by atoms with Gasteiger partial charge in [0.05, 0.1) is 0 Å². The fraction of sp³-hybridized carbons (Fsp3) is 0.360. The highest BCUT2D eigenvalue weighted by Crippen LogP contribution is 2.22. The van der Waals surface area contributed by atoms with E-state index in [1.165, 1.54) is 0 Å². The molecule has 3 aromatic heterocycles. The van der Waals surface area contributed by atoms with Gasteiger partial charge in [0, 0.05) is 49.7 Å². The summed E-state index contributed by atoms with van der Waals surface area (Å²) < 4.78 is 9.31. The topological polar surface area (TPSA) is 103 Å². The molecule has 1 atom stereocenters. The van der Waals surface area contributed by atoms with Crippen molar-refractivity contribution in [2.24, 2.45) is 7.05 Å². The second-order valence-corrected chi connectivity index (χ2v) is 9.27. The molecule has 34 heavy (non-hydrogen) atoms. The number of rotatable bonds is 7. The predicted octanol–water partition coefficient (Wildman–Crippen LogP) is 3.02. The van der Waals surface area contributed by atoms with E-state index in [9.17, 15) is 9.59 Å². The van der Waals surface area contributed by atoms with Gasteiger partial charge in [0.15, 0.2) is 5.65 Å². The van der Waals surface area contributed by atoms with Crippen LogP contribution in [-0.4, -0.2) is 49.4 Å². The number of carbonyl (C=O) groups is 2. The van der Waals surface area contributed by atoms with Gasteiger partial charge >= 0.3 is 6.09 Å². The number of aromatic nitrogens is 4. The summed E-state index contributed by atoms with van der Waals surface area (Å²) in [4.78, 5) is 25.7. The first-order chi connectivity index (χ1) is 16.2. The molecule has 0 aliphatic carbocycles. The summed E-state index contributed by atoms with van der Waals surface area (Å²) in [7, 11) is 1.96. The van der Waals surface area contributed by atoms with Crippen LogP contribution >= 0.6 is 0 Å². The van der Waals surface area contributed by atoms with Gasteiger partial charge in [-0.05, 0) is 44.5 Å². The lowest BCUT2D eigenvalue weighted by Gasteiger charge is -2.23. The maximum Gasteiger partial charge on any atom is 0.408 e. The smallest absolute Gasteiger partial charge is 0.408 e. The fourth-order valence-electron chi connectivity index (χ4n) is 3.95. The van der Waals surface area contributed by atoms with Crippen LogP contribution in [0.2, 0.25) is 0 Å². The van der Waals surface area contributed by atoms with Gasteiger partial charge < -0.3 is 19.9 Å². The number of aryl methyl sites for hydroxylation is 1. The standard InChI is InChI=1S/C25H30N6O3/c1-25(2,3)34-24(33)27-19(15-17-16-30(4)20-10-6-5-9-18(17)20)23(32)26-13-12-22-29-28-21-11-7-8-14-31(21)22/h5-11,14,16,19H,12-13,15H2,1-4H3,(H,26,32)(H,27,33). The number of pyridine rings is 1. The molecule has 3 heterocycles. The molecule has 0 radical (unpaired) electrons. The number of amides is 2. The van der Waals surface area contributed by atoms with Crippen LogP contribution in [0.3, 0.4) is 0 Å². The third-order valence-electron chi connectivity index (χ3n) is 5.44. The van der Waals surface area contributed by atoms with Crippen molar-refractivity contribution in [3.8, 4) is 0 Å². The van der Waals surface area contributed by atoms with Gasteiger partial charge in [0.2, 0.25) is 5.91 Å². The molecule has 2 amide bonds. The largest absolute Gasteiger partial charge is 0.444 e. The zero-order valence-electron chi connectivity index (χ0n) is 19.9. The average Bonchev–Trinajstić information content (AvgIpc) is 3.33. The van der Waals surface area contributed by atoms with E-state index in [-0.39, 0.29) is 5.91 Å². The molecule has 4 aromatic rings. The number of benzene rings is 1. The van der Waals surface area contributed by atoms with E-state index in [0.29, 0.717) is 19.4 Å². The van der Waals surface area contributed by atoms with Crippen molar-refractivity contribution in [3.05, 3.63) is 66.2 Å². The molecular weight excluding hydrogens is 432 g/mol. The Bertz CT molecular complexity index is 1320. The van der Waals surface area contributed by atoms with Crippen LogP contribution < -0.4 is 10.6 Å². The Labute approximate surface area is 198 Å². The molecule has 9 nitrogen and oxygen atoms in total. The molecule has 178 valence electrons. The highest BCUT2D eigenvalue weighted by Gasteiger charge is 2.26. The van der Waals surface area contributed by atoms with Gasteiger partial charge in [-0.3, -0.25) is 9.20 Å². The molecule has 4 rings (SSSR count). The molecular formula is C25H30N6O3. The van der Waals surface area contributed by atoms with Gasteiger partial charge in [0.25, 0.3) is 0 Å². The van der Waals surface area contributed by atoms with Crippen molar-refractivity contribution in [2.75, 3.05) is 6.54 Å². The summed E-state index contributed by atoms with van der Waals surface area (Å²) >= 11 is 0. The van der Waals surface area contributed by atoms with E-state index >= 15 is 0 Å². The van der Waals surface area contributed by atoms with Crippen LogP contribution in [0, 0.1) is 0 Å². The summed E-state index contributed by atoms with van der Waals surface area (Å²) in [6.45, 7) is 5.72. The molecule has 0 aliphatic heterocycles. The zero-order valence-corrected chi connectivity index (χ0v) is 19.9. The molecule has 0 bridgehead atoms. The minimum Gasteiger partial charge on any atom is -0.444 e. The van der Waals surface area contributed by atoms with Crippen LogP contribution in [0.1, 0.15) is 32.2 Å². The summed E-state index contributed by atoms with van der Waals surface area (Å²) in [6, 6.07) is 12.9. The lowest BCUT2D eigenvalue weighted by molar-refractivity contribution is -0.123. The van der Waals surface area contributed by atoms with Crippen LogP contribution in [0.15, 0.2) is 54.9 Å². The predicted molar refractivity (Wildman–Crippen MR) is 129 cm³/mol. The van der Waals surface area contributed by atoms with Crippen LogP contribution in [0.5, 0.6) is 0 Å². The highest BCUT2D eigenvalue weighted by molar-refractivity contribution is 5.88. The normalized spacial score (nSPS) is 12.6. The number of hydrogen-bond donors (Lipinski definition) is 2. The summed E-state index contributed by atoms with van der Waals surface area (Å²) in [5, 5.41) is 15.1. The minimum absolute atomic E-state index is 0.285. The first-order valence-corrected chi connectivity index (χ1v) is 11.3. The number of hydrogen-bond acceptors (Lipinski definition) is 5. The quantitative estimate of drug-likeness (QED) is 0.440. The number of ether oxygens (including phenoxy) is 1. The van der Waals surface area contributed by atoms with Crippen molar-refractivity contribution in [1.82, 2.24) is 29.8 Å².